The van der Waals surface area contributed by atoms with Crippen LogP contribution < -0.4 is 20.9 Å². The Hall–Kier alpha value is -3.02. The Labute approximate surface area is 135 Å². The minimum absolute atomic E-state index is 0.180. The van der Waals surface area contributed by atoms with Gasteiger partial charge in [0.2, 0.25) is 0 Å². The van der Waals surface area contributed by atoms with Crippen molar-refractivity contribution in [2.75, 3.05) is 36.7 Å². The molecule has 0 aliphatic carbocycles. The number of urea groups is 1. The topological polar surface area (TPSA) is 73.5 Å². The van der Waals surface area contributed by atoms with E-state index in [2.05, 4.69) is 16.0 Å². The van der Waals surface area contributed by atoms with Crippen molar-refractivity contribution in [3.8, 4) is 0 Å². The number of benzene rings is 2. The number of amides is 3. The molecule has 0 fully saturated rings. The van der Waals surface area contributed by atoms with E-state index in [1.54, 1.807) is 37.4 Å². The van der Waals surface area contributed by atoms with E-state index in [0.29, 0.717) is 16.9 Å². The van der Waals surface area contributed by atoms with Gasteiger partial charge in [-0.05, 0) is 42.5 Å². The third-order valence-corrected chi connectivity index (χ3v) is 3.25. The summed E-state index contributed by atoms with van der Waals surface area (Å²) in [5, 5.41) is 7.96. The van der Waals surface area contributed by atoms with Crippen LogP contribution >= 0.6 is 0 Å². The Balaban J connectivity index is 2.05. The highest BCUT2D eigenvalue weighted by Crippen LogP contribution is 2.17. The lowest BCUT2D eigenvalue weighted by molar-refractivity contribution is 0.102. The fourth-order valence-corrected chi connectivity index (χ4v) is 1.96. The van der Waals surface area contributed by atoms with E-state index in [9.17, 15) is 9.59 Å². The van der Waals surface area contributed by atoms with Crippen LogP contribution in [-0.2, 0) is 0 Å². The highest BCUT2D eigenvalue weighted by molar-refractivity contribution is 6.05. The van der Waals surface area contributed by atoms with Gasteiger partial charge in [0.25, 0.3) is 5.91 Å². The quantitative estimate of drug-likeness (QED) is 0.813. The second kappa shape index (κ2) is 7.31. The Morgan fingerprint density at radius 3 is 2.09 bits per heavy atom. The first kappa shape index (κ1) is 16.4. The van der Waals surface area contributed by atoms with Crippen LogP contribution in [0.1, 0.15) is 10.4 Å². The number of carbonyl (C=O) groups is 2. The third kappa shape index (κ3) is 4.47. The van der Waals surface area contributed by atoms with Gasteiger partial charge in [-0.25, -0.2) is 4.79 Å². The zero-order valence-electron chi connectivity index (χ0n) is 13.4. The molecule has 3 N–H and O–H groups in total. The standard InChI is InChI=1S/C17H20N4O2/c1-18-17(23)20-14-9-7-13(8-10-14)19-16(22)12-5-4-6-15(11-12)21(2)3/h4-11H,1-3H3,(H,19,22)(H2,18,20,23). The highest BCUT2D eigenvalue weighted by atomic mass is 16.2. The van der Waals surface area contributed by atoms with Crippen LogP contribution in [0.15, 0.2) is 48.5 Å². The average molecular weight is 312 g/mol. The Bertz CT molecular complexity index is 696. The van der Waals surface area contributed by atoms with E-state index in [0.717, 1.165) is 5.69 Å². The maximum absolute atomic E-state index is 12.3. The summed E-state index contributed by atoms with van der Waals surface area (Å²) in [6.45, 7) is 0. The zero-order valence-corrected chi connectivity index (χ0v) is 13.4. The van der Waals surface area contributed by atoms with Crippen LogP contribution in [0.25, 0.3) is 0 Å². The SMILES string of the molecule is CNC(=O)Nc1ccc(NC(=O)c2cccc(N(C)C)c2)cc1. The highest BCUT2D eigenvalue weighted by Gasteiger charge is 2.08. The Kier molecular flexibility index (Phi) is 5.19. The number of anilines is 3. The molecule has 0 aliphatic heterocycles. The molecule has 0 aliphatic rings. The number of nitrogens with zero attached hydrogens (tertiary/aromatic N) is 1. The van der Waals surface area contributed by atoms with Crippen LogP contribution in [0.5, 0.6) is 0 Å². The van der Waals surface area contributed by atoms with Crippen LogP contribution in [0.2, 0.25) is 0 Å². The van der Waals surface area contributed by atoms with Crippen LogP contribution in [-0.4, -0.2) is 33.1 Å². The summed E-state index contributed by atoms with van der Waals surface area (Å²) in [7, 11) is 5.40. The Morgan fingerprint density at radius 1 is 0.913 bits per heavy atom. The molecule has 0 bridgehead atoms. The number of rotatable bonds is 4. The van der Waals surface area contributed by atoms with E-state index in [-0.39, 0.29) is 11.9 Å². The molecule has 23 heavy (non-hydrogen) atoms. The van der Waals surface area contributed by atoms with Crippen molar-refractivity contribution in [1.82, 2.24) is 5.32 Å². The minimum Gasteiger partial charge on any atom is -0.378 e. The molecule has 0 spiro atoms. The van der Waals surface area contributed by atoms with Crippen molar-refractivity contribution in [2.45, 2.75) is 0 Å². The number of hydrogen-bond acceptors (Lipinski definition) is 3. The minimum atomic E-state index is -0.290. The van der Waals surface area contributed by atoms with Gasteiger partial charge in [-0.15, -0.1) is 0 Å². The molecule has 0 atom stereocenters. The summed E-state index contributed by atoms with van der Waals surface area (Å²) < 4.78 is 0. The van der Waals surface area contributed by atoms with E-state index in [1.807, 2.05) is 37.2 Å². The summed E-state index contributed by atoms with van der Waals surface area (Å²) in [5.41, 5.74) is 2.86. The second-order valence-electron chi connectivity index (χ2n) is 5.18. The maximum Gasteiger partial charge on any atom is 0.318 e. The summed E-state index contributed by atoms with van der Waals surface area (Å²) >= 11 is 0. The normalized spacial score (nSPS) is 9.87. The molecule has 2 aromatic rings. The molecule has 3 amide bonds. The number of nitrogens with one attached hydrogen (secondary N) is 3. The van der Waals surface area contributed by atoms with Crippen LogP contribution in [0.4, 0.5) is 21.9 Å². The summed E-state index contributed by atoms with van der Waals surface area (Å²) in [6.07, 6.45) is 0. The number of carbonyl (C=O) groups excluding carboxylic acids is 2. The van der Waals surface area contributed by atoms with Gasteiger partial charge in [0, 0.05) is 43.8 Å². The zero-order chi connectivity index (χ0) is 16.8. The predicted octanol–water partition coefficient (Wildman–Crippen LogP) is 2.76. The molecule has 2 aromatic carbocycles. The van der Waals surface area contributed by atoms with E-state index >= 15 is 0 Å². The molecule has 0 aromatic heterocycles. The van der Waals surface area contributed by atoms with Crippen molar-refractivity contribution in [3.63, 3.8) is 0 Å². The largest absolute Gasteiger partial charge is 0.378 e. The molecule has 0 saturated carbocycles. The summed E-state index contributed by atoms with van der Waals surface area (Å²) in [6, 6.07) is 14.0. The van der Waals surface area contributed by atoms with Crippen molar-refractivity contribution >= 4 is 29.0 Å². The van der Waals surface area contributed by atoms with Gasteiger partial charge >= 0.3 is 6.03 Å². The molecule has 0 radical (unpaired) electrons. The molecule has 6 heteroatoms. The van der Waals surface area contributed by atoms with E-state index < -0.39 is 0 Å². The lowest BCUT2D eigenvalue weighted by atomic mass is 10.1. The third-order valence-electron chi connectivity index (χ3n) is 3.25. The lowest BCUT2D eigenvalue weighted by Crippen LogP contribution is -2.24. The van der Waals surface area contributed by atoms with Gasteiger partial charge in [0.15, 0.2) is 0 Å². The predicted molar refractivity (Wildman–Crippen MR) is 93.2 cm³/mol. The Morgan fingerprint density at radius 2 is 1.52 bits per heavy atom. The molecule has 120 valence electrons. The summed E-state index contributed by atoms with van der Waals surface area (Å²) in [5.74, 6) is -0.180. The maximum atomic E-state index is 12.3. The molecule has 2 rings (SSSR count). The van der Waals surface area contributed by atoms with Crippen molar-refractivity contribution in [3.05, 3.63) is 54.1 Å². The lowest BCUT2D eigenvalue weighted by Gasteiger charge is -2.13. The van der Waals surface area contributed by atoms with Gasteiger partial charge in [0.05, 0.1) is 0 Å². The molecule has 0 heterocycles. The summed E-state index contributed by atoms with van der Waals surface area (Å²) in [4.78, 5) is 25.4. The van der Waals surface area contributed by atoms with Crippen LogP contribution in [0, 0.1) is 0 Å². The molecular weight excluding hydrogens is 292 g/mol. The molecule has 6 nitrogen and oxygen atoms in total. The first-order valence-corrected chi connectivity index (χ1v) is 7.17. The van der Waals surface area contributed by atoms with Crippen molar-refractivity contribution in [2.24, 2.45) is 0 Å². The van der Waals surface area contributed by atoms with Gasteiger partial charge in [-0.2, -0.15) is 0 Å². The second-order valence-corrected chi connectivity index (χ2v) is 5.18. The van der Waals surface area contributed by atoms with Crippen molar-refractivity contribution in [1.29, 1.82) is 0 Å². The first-order valence-electron chi connectivity index (χ1n) is 7.17. The average Bonchev–Trinajstić information content (AvgIpc) is 2.56. The van der Waals surface area contributed by atoms with Crippen molar-refractivity contribution < 1.29 is 9.59 Å². The van der Waals surface area contributed by atoms with Gasteiger partial charge in [0.1, 0.15) is 0 Å². The fourth-order valence-electron chi connectivity index (χ4n) is 1.96. The van der Waals surface area contributed by atoms with Crippen LogP contribution in [0.3, 0.4) is 0 Å². The molecule has 0 saturated heterocycles. The van der Waals surface area contributed by atoms with E-state index in [1.165, 1.54) is 0 Å². The van der Waals surface area contributed by atoms with E-state index in [4.69, 9.17) is 0 Å². The smallest absolute Gasteiger partial charge is 0.318 e. The molecular formula is C17H20N4O2. The fraction of sp³-hybridized carbons (Fsp3) is 0.176. The molecule has 0 unspecified atom stereocenters. The van der Waals surface area contributed by atoms with Gasteiger partial charge in [-0.1, -0.05) is 6.07 Å². The first-order chi connectivity index (χ1) is 11.0. The van der Waals surface area contributed by atoms with Gasteiger partial charge in [-0.3, -0.25) is 4.79 Å². The number of hydrogen-bond donors (Lipinski definition) is 3. The van der Waals surface area contributed by atoms with Gasteiger partial charge < -0.3 is 20.9 Å². The monoisotopic (exact) mass is 312 g/mol.